The molecule has 0 bridgehead atoms. The van der Waals surface area contributed by atoms with Gasteiger partial charge in [-0.05, 0) is 13.3 Å². The molecule has 1 aliphatic heterocycles. The number of carbonyl (C=O) groups excluding carboxylic acids is 2. The molecule has 0 saturated carbocycles. The van der Waals surface area contributed by atoms with E-state index in [1.54, 1.807) is 0 Å². The van der Waals surface area contributed by atoms with Gasteiger partial charge in [-0.2, -0.15) is 0 Å². The molecule has 1 aliphatic rings. The highest BCUT2D eigenvalue weighted by molar-refractivity contribution is 5.84. The fourth-order valence-corrected chi connectivity index (χ4v) is 1.94. The Morgan fingerprint density at radius 3 is 2.74 bits per heavy atom. The van der Waals surface area contributed by atoms with E-state index < -0.39 is 12.0 Å². The van der Waals surface area contributed by atoms with E-state index in [1.807, 2.05) is 6.92 Å². The van der Waals surface area contributed by atoms with Crippen molar-refractivity contribution in [3.63, 3.8) is 0 Å². The molecular weight excluding hydrogens is 252 g/mol. The Balaban J connectivity index is 2.38. The van der Waals surface area contributed by atoms with Crippen molar-refractivity contribution in [2.75, 3.05) is 26.3 Å². The van der Waals surface area contributed by atoms with Crippen LogP contribution in [0.15, 0.2) is 0 Å². The van der Waals surface area contributed by atoms with Crippen LogP contribution < -0.4 is 5.32 Å². The summed E-state index contributed by atoms with van der Waals surface area (Å²) < 4.78 is 5.06. The van der Waals surface area contributed by atoms with Gasteiger partial charge < -0.3 is 20.1 Å². The highest BCUT2D eigenvalue weighted by Crippen LogP contribution is 2.11. The second-order valence-electron chi connectivity index (χ2n) is 4.32. The summed E-state index contributed by atoms with van der Waals surface area (Å²) >= 11 is 0. The molecule has 19 heavy (non-hydrogen) atoms. The highest BCUT2D eigenvalue weighted by atomic mass is 16.5. The summed E-state index contributed by atoms with van der Waals surface area (Å²) in [5, 5.41) is 11.7. The summed E-state index contributed by atoms with van der Waals surface area (Å²) in [6.45, 7) is 3.06. The molecule has 1 rings (SSSR count). The quantitative estimate of drug-likeness (QED) is 0.686. The van der Waals surface area contributed by atoms with Gasteiger partial charge in [-0.15, -0.1) is 0 Å². The molecule has 7 nitrogen and oxygen atoms in total. The first-order chi connectivity index (χ1) is 9.06. The Morgan fingerprint density at radius 1 is 1.37 bits per heavy atom. The summed E-state index contributed by atoms with van der Waals surface area (Å²) in [6.07, 6.45) is 0.886. The van der Waals surface area contributed by atoms with E-state index in [0.29, 0.717) is 19.6 Å². The van der Waals surface area contributed by atoms with Crippen LogP contribution in [0.4, 0.5) is 0 Å². The summed E-state index contributed by atoms with van der Waals surface area (Å²) in [5.41, 5.74) is 0. The zero-order valence-electron chi connectivity index (χ0n) is 11.1. The SMILES string of the molecule is CCNC(=O)CCCC(=O)N1CCOCC1C(=O)O. The van der Waals surface area contributed by atoms with Crippen molar-refractivity contribution in [3.05, 3.63) is 0 Å². The van der Waals surface area contributed by atoms with Crippen LogP contribution in [0.2, 0.25) is 0 Å². The summed E-state index contributed by atoms with van der Waals surface area (Å²) in [5.74, 6) is -1.39. The molecule has 1 heterocycles. The van der Waals surface area contributed by atoms with Gasteiger partial charge in [0, 0.05) is 25.9 Å². The molecule has 0 aromatic carbocycles. The second-order valence-corrected chi connectivity index (χ2v) is 4.32. The van der Waals surface area contributed by atoms with Crippen LogP contribution in [0.3, 0.4) is 0 Å². The molecule has 2 amide bonds. The molecule has 0 aliphatic carbocycles. The summed E-state index contributed by atoms with van der Waals surface area (Å²) in [7, 11) is 0. The minimum absolute atomic E-state index is 0.0252. The van der Waals surface area contributed by atoms with Gasteiger partial charge in [0.15, 0.2) is 6.04 Å². The van der Waals surface area contributed by atoms with Crippen LogP contribution in [0.1, 0.15) is 26.2 Å². The van der Waals surface area contributed by atoms with Crippen molar-refractivity contribution in [1.29, 1.82) is 0 Å². The lowest BCUT2D eigenvalue weighted by molar-refractivity contribution is -0.158. The minimum atomic E-state index is -1.06. The number of amides is 2. The molecule has 1 atom stereocenters. The molecule has 1 saturated heterocycles. The highest BCUT2D eigenvalue weighted by Gasteiger charge is 2.32. The van der Waals surface area contributed by atoms with E-state index in [1.165, 1.54) is 4.90 Å². The van der Waals surface area contributed by atoms with Gasteiger partial charge in [-0.1, -0.05) is 0 Å². The lowest BCUT2D eigenvalue weighted by atomic mass is 10.1. The Bertz CT molecular complexity index is 345. The average molecular weight is 272 g/mol. The number of hydrogen-bond acceptors (Lipinski definition) is 4. The van der Waals surface area contributed by atoms with Crippen LogP contribution in [0, 0.1) is 0 Å². The maximum atomic E-state index is 11.9. The number of rotatable bonds is 6. The van der Waals surface area contributed by atoms with Crippen molar-refractivity contribution in [2.45, 2.75) is 32.2 Å². The molecule has 108 valence electrons. The van der Waals surface area contributed by atoms with E-state index >= 15 is 0 Å². The number of carboxylic acid groups (broad SMARTS) is 1. The Morgan fingerprint density at radius 2 is 2.11 bits per heavy atom. The number of aliphatic carboxylic acids is 1. The zero-order chi connectivity index (χ0) is 14.3. The molecule has 0 aromatic heterocycles. The van der Waals surface area contributed by atoms with Crippen molar-refractivity contribution in [3.8, 4) is 0 Å². The Hall–Kier alpha value is -1.63. The first kappa shape index (κ1) is 15.4. The number of carboxylic acids is 1. The van der Waals surface area contributed by atoms with Crippen molar-refractivity contribution < 1.29 is 24.2 Å². The van der Waals surface area contributed by atoms with Gasteiger partial charge in [-0.3, -0.25) is 9.59 Å². The van der Waals surface area contributed by atoms with Crippen molar-refractivity contribution in [2.24, 2.45) is 0 Å². The van der Waals surface area contributed by atoms with Crippen LogP contribution in [0.5, 0.6) is 0 Å². The molecule has 0 radical (unpaired) electrons. The third-order valence-corrected chi connectivity index (χ3v) is 2.90. The number of nitrogens with zero attached hydrogens (tertiary/aromatic N) is 1. The third kappa shape index (κ3) is 4.86. The largest absolute Gasteiger partial charge is 0.480 e. The zero-order valence-corrected chi connectivity index (χ0v) is 11.1. The van der Waals surface area contributed by atoms with Crippen molar-refractivity contribution >= 4 is 17.8 Å². The second kappa shape index (κ2) is 7.73. The molecule has 7 heteroatoms. The number of morpholine rings is 1. The third-order valence-electron chi connectivity index (χ3n) is 2.90. The maximum Gasteiger partial charge on any atom is 0.328 e. The molecule has 1 fully saturated rings. The topological polar surface area (TPSA) is 95.9 Å². The standard InChI is InChI=1S/C12H20N2O5/c1-2-13-10(15)4-3-5-11(16)14-6-7-19-8-9(14)12(17)18/h9H,2-8H2,1H3,(H,13,15)(H,17,18). The van der Waals surface area contributed by atoms with Gasteiger partial charge in [0.2, 0.25) is 11.8 Å². The lowest BCUT2D eigenvalue weighted by Crippen LogP contribution is -2.52. The predicted molar refractivity (Wildman–Crippen MR) is 66.5 cm³/mol. The molecule has 0 aromatic rings. The maximum absolute atomic E-state index is 11.9. The monoisotopic (exact) mass is 272 g/mol. The van der Waals surface area contributed by atoms with Crippen molar-refractivity contribution in [1.82, 2.24) is 10.2 Å². The van der Waals surface area contributed by atoms with Gasteiger partial charge in [0.25, 0.3) is 0 Å². The summed E-state index contributed by atoms with van der Waals surface area (Å²) in [6, 6.07) is -0.911. The number of hydrogen-bond donors (Lipinski definition) is 2. The molecular formula is C12H20N2O5. The predicted octanol–water partition coefficient (Wildman–Crippen LogP) is -0.395. The number of carbonyl (C=O) groups is 3. The van der Waals surface area contributed by atoms with E-state index in [9.17, 15) is 14.4 Å². The molecule has 2 N–H and O–H groups in total. The average Bonchev–Trinajstić information content (AvgIpc) is 2.38. The summed E-state index contributed by atoms with van der Waals surface area (Å²) in [4.78, 5) is 35.5. The number of nitrogens with one attached hydrogen (secondary N) is 1. The fourth-order valence-electron chi connectivity index (χ4n) is 1.94. The normalized spacial score (nSPS) is 19.0. The van der Waals surface area contributed by atoms with E-state index in [4.69, 9.17) is 9.84 Å². The number of ether oxygens (including phenoxy) is 1. The smallest absolute Gasteiger partial charge is 0.328 e. The van der Waals surface area contributed by atoms with Gasteiger partial charge in [-0.25, -0.2) is 4.79 Å². The van der Waals surface area contributed by atoms with Crippen LogP contribution in [0.25, 0.3) is 0 Å². The Labute approximate surface area is 111 Å². The van der Waals surface area contributed by atoms with Crippen LogP contribution in [-0.4, -0.2) is 60.1 Å². The van der Waals surface area contributed by atoms with Gasteiger partial charge >= 0.3 is 5.97 Å². The first-order valence-corrected chi connectivity index (χ1v) is 6.43. The van der Waals surface area contributed by atoms with E-state index in [-0.39, 0.29) is 37.8 Å². The minimum Gasteiger partial charge on any atom is -0.480 e. The molecule has 1 unspecified atom stereocenters. The first-order valence-electron chi connectivity index (χ1n) is 6.43. The van der Waals surface area contributed by atoms with Crippen LogP contribution >= 0.6 is 0 Å². The Kier molecular flexibility index (Phi) is 6.27. The van der Waals surface area contributed by atoms with Gasteiger partial charge in [0.1, 0.15) is 0 Å². The van der Waals surface area contributed by atoms with Crippen LogP contribution in [-0.2, 0) is 19.1 Å². The van der Waals surface area contributed by atoms with E-state index in [2.05, 4.69) is 5.32 Å². The van der Waals surface area contributed by atoms with Gasteiger partial charge in [0.05, 0.1) is 13.2 Å². The lowest BCUT2D eigenvalue weighted by Gasteiger charge is -2.32. The van der Waals surface area contributed by atoms with E-state index in [0.717, 1.165) is 0 Å². The molecule has 0 spiro atoms. The fraction of sp³-hybridized carbons (Fsp3) is 0.750.